The van der Waals surface area contributed by atoms with Crippen LogP contribution in [-0.4, -0.2) is 5.50 Å². The molecule has 3 aromatic carbocycles. The SMILES string of the molecule is ClC1C=Cc2ccccc2N1Cc1cccc2ccccc12. The second kappa shape index (κ2) is 5.51. The smallest absolute Gasteiger partial charge is 0.123 e. The van der Waals surface area contributed by atoms with Crippen LogP contribution >= 0.6 is 11.6 Å². The van der Waals surface area contributed by atoms with Crippen molar-refractivity contribution in [3.05, 3.63) is 83.9 Å². The van der Waals surface area contributed by atoms with Crippen molar-refractivity contribution in [2.45, 2.75) is 12.0 Å². The molecule has 2 heteroatoms. The van der Waals surface area contributed by atoms with E-state index < -0.39 is 0 Å². The summed E-state index contributed by atoms with van der Waals surface area (Å²) in [5, 5.41) is 2.56. The maximum absolute atomic E-state index is 6.55. The summed E-state index contributed by atoms with van der Waals surface area (Å²) in [7, 11) is 0. The van der Waals surface area contributed by atoms with Crippen molar-refractivity contribution in [3.8, 4) is 0 Å². The Kier molecular flexibility index (Phi) is 3.36. The summed E-state index contributed by atoms with van der Waals surface area (Å²) in [5.41, 5.74) is 3.60. The number of hydrogen-bond acceptors (Lipinski definition) is 1. The molecule has 1 aliphatic rings. The number of para-hydroxylation sites is 1. The maximum Gasteiger partial charge on any atom is 0.123 e. The van der Waals surface area contributed by atoms with Crippen LogP contribution in [0.5, 0.6) is 0 Å². The number of fused-ring (bicyclic) bond motifs is 2. The van der Waals surface area contributed by atoms with Crippen LogP contribution in [0.2, 0.25) is 0 Å². The molecular weight excluding hydrogens is 290 g/mol. The number of alkyl halides is 1. The fourth-order valence-corrected chi connectivity index (χ4v) is 3.34. The second-order valence-corrected chi connectivity index (χ2v) is 6.00. The van der Waals surface area contributed by atoms with Gasteiger partial charge in [-0.2, -0.15) is 0 Å². The largest absolute Gasteiger partial charge is 0.347 e. The van der Waals surface area contributed by atoms with Crippen LogP contribution in [0.25, 0.3) is 16.8 Å². The van der Waals surface area contributed by atoms with E-state index in [0.29, 0.717) is 0 Å². The van der Waals surface area contributed by atoms with Gasteiger partial charge >= 0.3 is 0 Å². The molecule has 1 unspecified atom stereocenters. The predicted molar refractivity (Wildman–Crippen MR) is 95.2 cm³/mol. The van der Waals surface area contributed by atoms with E-state index in [1.165, 1.54) is 27.6 Å². The molecule has 0 aliphatic carbocycles. The van der Waals surface area contributed by atoms with Crippen molar-refractivity contribution >= 4 is 34.1 Å². The van der Waals surface area contributed by atoms with E-state index in [2.05, 4.69) is 83.8 Å². The molecule has 0 saturated carbocycles. The lowest BCUT2D eigenvalue weighted by molar-refractivity contribution is 0.825. The van der Waals surface area contributed by atoms with E-state index >= 15 is 0 Å². The van der Waals surface area contributed by atoms with Gasteiger partial charge in [-0.1, -0.05) is 78.3 Å². The van der Waals surface area contributed by atoms with Gasteiger partial charge in [-0.05, 0) is 34.0 Å². The third-order valence-electron chi connectivity index (χ3n) is 4.20. The Bertz CT molecular complexity index is 848. The maximum atomic E-state index is 6.55. The number of hydrogen-bond donors (Lipinski definition) is 0. The molecule has 1 heterocycles. The number of benzene rings is 3. The third-order valence-corrected chi connectivity index (χ3v) is 4.58. The zero-order valence-corrected chi connectivity index (χ0v) is 12.9. The number of halogens is 1. The molecule has 108 valence electrons. The van der Waals surface area contributed by atoms with Crippen molar-refractivity contribution in [1.29, 1.82) is 0 Å². The lowest BCUT2D eigenvalue weighted by atomic mass is 10.0. The average Bonchev–Trinajstić information content (AvgIpc) is 2.58. The quantitative estimate of drug-likeness (QED) is 0.450. The van der Waals surface area contributed by atoms with Gasteiger partial charge < -0.3 is 4.90 Å². The fraction of sp³-hybridized carbons (Fsp3) is 0.100. The molecule has 0 fully saturated rings. The van der Waals surface area contributed by atoms with E-state index in [9.17, 15) is 0 Å². The van der Waals surface area contributed by atoms with E-state index in [4.69, 9.17) is 11.6 Å². The van der Waals surface area contributed by atoms with Crippen molar-refractivity contribution < 1.29 is 0 Å². The van der Waals surface area contributed by atoms with Gasteiger partial charge in [0.25, 0.3) is 0 Å². The monoisotopic (exact) mass is 305 g/mol. The van der Waals surface area contributed by atoms with Gasteiger partial charge in [0.2, 0.25) is 0 Å². The normalized spacial score (nSPS) is 16.8. The third kappa shape index (κ3) is 2.28. The number of anilines is 1. The average molecular weight is 306 g/mol. The zero-order valence-electron chi connectivity index (χ0n) is 12.1. The predicted octanol–water partition coefficient (Wildman–Crippen LogP) is 5.44. The van der Waals surface area contributed by atoms with Gasteiger partial charge in [-0.15, -0.1) is 0 Å². The Hall–Kier alpha value is -2.25. The van der Waals surface area contributed by atoms with Crippen LogP contribution in [0, 0.1) is 0 Å². The summed E-state index contributed by atoms with van der Waals surface area (Å²) < 4.78 is 0. The first-order chi connectivity index (χ1) is 10.8. The summed E-state index contributed by atoms with van der Waals surface area (Å²) in [4.78, 5) is 2.25. The summed E-state index contributed by atoms with van der Waals surface area (Å²) in [6, 6.07) is 23.4. The van der Waals surface area contributed by atoms with Crippen molar-refractivity contribution in [1.82, 2.24) is 0 Å². The molecule has 0 bridgehead atoms. The molecule has 0 radical (unpaired) electrons. The molecule has 0 saturated heterocycles. The molecule has 0 N–H and O–H groups in total. The first-order valence-electron chi connectivity index (χ1n) is 7.47. The summed E-state index contributed by atoms with van der Waals surface area (Å²) in [5.74, 6) is 0. The standard InChI is InChI=1S/C20H16ClN/c21-20-13-12-16-7-2-4-11-19(16)22(20)14-17-9-5-8-15-6-1-3-10-18(15)17/h1-13,20H,14H2. The molecule has 3 aromatic rings. The van der Waals surface area contributed by atoms with Crippen LogP contribution in [-0.2, 0) is 6.54 Å². The Morgan fingerprint density at radius 2 is 1.64 bits per heavy atom. The summed E-state index contributed by atoms with van der Waals surface area (Å²) in [6.45, 7) is 0.802. The van der Waals surface area contributed by atoms with Crippen molar-refractivity contribution in [2.75, 3.05) is 4.90 Å². The lowest BCUT2D eigenvalue weighted by Gasteiger charge is -2.32. The topological polar surface area (TPSA) is 3.24 Å². The van der Waals surface area contributed by atoms with Gasteiger partial charge in [0.05, 0.1) is 0 Å². The van der Waals surface area contributed by atoms with Crippen LogP contribution in [0.1, 0.15) is 11.1 Å². The molecule has 1 aliphatic heterocycles. The van der Waals surface area contributed by atoms with Crippen LogP contribution in [0.15, 0.2) is 72.8 Å². The summed E-state index contributed by atoms with van der Waals surface area (Å²) in [6.07, 6.45) is 4.15. The Morgan fingerprint density at radius 3 is 2.59 bits per heavy atom. The van der Waals surface area contributed by atoms with Crippen molar-refractivity contribution in [2.24, 2.45) is 0 Å². The highest BCUT2D eigenvalue weighted by molar-refractivity contribution is 6.23. The molecule has 4 rings (SSSR count). The van der Waals surface area contributed by atoms with Gasteiger partial charge in [-0.3, -0.25) is 0 Å². The molecule has 0 amide bonds. The highest BCUT2D eigenvalue weighted by Crippen LogP contribution is 2.32. The van der Waals surface area contributed by atoms with Crippen LogP contribution < -0.4 is 4.90 Å². The highest BCUT2D eigenvalue weighted by Gasteiger charge is 2.20. The van der Waals surface area contributed by atoms with Crippen molar-refractivity contribution in [3.63, 3.8) is 0 Å². The molecule has 0 spiro atoms. The Morgan fingerprint density at radius 1 is 0.864 bits per heavy atom. The minimum atomic E-state index is -0.117. The minimum Gasteiger partial charge on any atom is -0.347 e. The Balaban J connectivity index is 1.78. The van der Waals surface area contributed by atoms with Gasteiger partial charge in [0, 0.05) is 12.2 Å². The zero-order chi connectivity index (χ0) is 14.9. The van der Waals surface area contributed by atoms with Crippen LogP contribution in [0.4, 0.5) is 5.69 Å². The Labute approximate surface area is 135 Å². The molecule has 22 heavy (non-hydrogen) atoms. The second-order valence-electron chi connectivity index (χ2n) is 5.56. The molecule has 1 nitrogen and oxygen atoms in total. The van der Waals surface area contributed by atoms with E-state index in [1.807, 2.05) is 0 Å². The number of nitrogens with zero attached hydrogens (tertiary/aromatic N) is 1. The van der Waals surface area contributed by atoms with Gasteiger partial charge in [0.15, 0.2) is 0 Å². The first kappa shape index (κ1) is 13.4. The molecule has 0 aromatic heterocycles. The first-order valence-corrected chi connectivity index (χ1v) is 7.91. The lowest BCUT2D eigenvalue weighted by Crippen LogP contribution is -2.31. The molecule has 1 atom stereocenters. The van der Waals surface area contributed by atoms with Gasteiger partial charge in [0.1, 0.15) is 5.50 Å². The highest BCUT2D eigenvalue weighted by atomic mass is 35.5. The van der Waals surface area contributed by atoms with E-state index in [0.717, 1.165) is 6.54 Å². The van der Waals surface area contributed by atoms with E-state index in [-0.39, 0.29) is 5.50 Å². The van der Waals surface area contributed by atoms with Crippen LogP contribution in [0.3, 0.4) is 0 Å². The molecular formula is C20H16ClN. The minimum absolute atomic E-state index is 0.117. The number of rotatable bonds is 2. The summed E-state index contributed by atoms with van der Waals surface area (Å²) >= 11 is 6.55. The van der Waals surface area contributed by atoms with Gasteiger partial charge in [-0.25, -0.2) is 0 Å². The van der Waals surface area contributed by atoms with E-state index in [1.54, 1.807) is 0 Å². The fourth-order valence-electron chi connectivity index (χ4n) is 3.10.